The number of hydrogen-bond donors (Lipinski definition) is 2. The first-order valence-corrected chi connectivity index (χ1v) is 10.6. The minimum Gasteiger partial charge on any atom is -0.348 e. The van der Waals surface area contributed by atoms with Crippen LogP contribution in [0.4, 0.5) is 5.69 Å². The Bertz CT molecular complexity index is 1130. The van der Waals surface area contributed by atoms with Gasteiger partial charge in [-0.1, -0.05) is 72.3 Å². The molecule has 3 aromatic carbocycles. The number of anilines is 1. The molecule has 0 radical (unpaired) electrons. The van der Waals surface area contributed by atoms with Crippen molar-refractivity contribution in [3.05, 3.63) is 107 Å². The Labute approximate surface area is 193 Å². The minimum absolute atomic E-state index is 0.201. The maximum atomic E-state index is 12.8. The Balaban J connectivity index is 1.64. The number of rotatable bonds is 6. The van der Waals surface area contributed by atoms with E-state index in [0.717, 1.165) is 16.7 Å². The standard InChI is InChI=1S/C26H25N3O2S/c1-19-12-14-20(15-13-19)16-17-24(30)28-26(32)29(2)23-11-7-6-10-22(23)25(31)27-18-21-8-4-3-5-9-21/h3-17H,18H2,1-2H3,(H,27,31)(H,28,30,32). The summed E-state index contributed by atoms with van der Waals surface area (Å²) >= 11 is 5.40. The van der Waals surface area contributed by atoms with Gasteiger partial charge in [0.25, 0.3) is 5.91 Å². The number of thiocarbonyl (C=S) groups is 1. The average Bonchev–Trinajstić information content (AvgIpc) is 2.82. The fourth-order valence-corrected chi connectivity index (χ4v) is 3.22. The molecule has 0 atom stereocenters. The van der Waals surface area contributed by atoms with Gasteiger partial charge in [0.15, 0.2) is 5.11 Å². The van der Waals surface area contributed by atoms with E-state index in [9.17, 15) is 9.59 Å². The SMILES string of the molecule is Cc1ccc(C=CC(=O)NC(=S)N(C)c2ccccc2C(=O)NCc2ccccc2)cc1. The van der Waals surface area contributed by atoms with E-state index in [1.54, 1.807) is 36.2 Å². The predicted molar refractivity (Wildman–Crippen MR) is 133 cm³/mol. The highest BCUT2D eigenvalue weighted by Crippen LogP contribution is 2.19. The van der Waals surface area contributed by atoms with Gasteiger partial charge < -0.3 is 10.2 Å². The van der Waals surface area contributed by atoms with Gasteiger partial charge in [0.2, 0.25) is 5.91 Å². The van der Waals surface area contributed by atoms with Crippen LogP contribution >= 0.6 is 12.2 Å². The lowest BCUT2D eigenvalue weighted by Gasteiger charge is -2.22. The summed E-state index contributed by atoms with van der Waals surface area (Å²) in [5, 5.41) is 5.81. The van der Waals surface area contributed by atoms with Gasteiger partial charge in [-0.25, -0.2) is 0 Å². The van der Waals surface area contributed by atoms with Gasteiger partial charge >= 0.3 is 0 Å². The Morgan fingerprint density at radius 2 is 1.59 bits per heavy atom. The first-order chi connectivity index (χ1) is 15.4. The highest BCUT2D eigenvalue weighted by Gasteiger charge is 2.17. The molecule has 0 heterocycles. The number of aryl methyl sites for hydroxylation is 1. The van der Waals surface area contributed by atoms with Gasteiger partial charge in [-0.2, -0.15) is 0 Å². The normalized spacial score (nSPS) is 10.6. The maximum absolute atomic E-state index is 12.8. The molecule has 0 aromatic heterocycles. The van der Waals surface area contributed by atoms with E-state index in [1.807, 2.05) is 67.6 Å². The number of benzene rings is 3. The van der Waals surface area contributed by atoms with Gasteiger partial charge in [0.1, 0.15) is 0 Å². The zero-order valence-electron chi connectivity index (χ0n) is 18.0. The summed E-state index contributed by atoms with van der Waals surface area (Å²) in [4.78, 5) is 26.7. The summed E-state index contributed by atoms with van der Waals surface area (Å²) in [6.07, 6.45) is 3.16. The molecule has 0 saturated carbocycles. The monoisotopic (exact) mass is 443 g/mol. The van der Waals surface area contributed by atoms with Crippen LogP contribution in [0.1, 0.15) is 27.0 Å². The van der Waals surface area contributed by atoms with Crippen LogP contribution in [0.15, 0.2) is 84.9 Å². The summed E-state index contributed by atoms with van der Waals surface area (Å²) in [7, 11) is 1.72. The summed E-state index contributed by atoms with van der Waals surface area (Å²) in [6.45, 7) is 2.43. The molecule has 32 heavy (non-hydrogen) atoms. The van der Waals surface area contributed by atoms with Gasteiger partial charge in [-0.3, -0.25) is 14.9 Å². The van der Waals surface area contributed by atoms with Crippen molar-refractivity contribution in [2.75, 3.05) is 11.9 Å². The van der Waals surface area contributed by atoms with E-state index in [2.05, 4.69) is 10.6 Å². The third-order valence-corrected chi connectivity index (χ3v) is 5.22. The van der Waals surface area contributed by atoms with Crippen molar-refractivity contribution in [2.24, 2.45) is 0 Å². The summed E-state index contributed by atoms with van der Waals surface area (Å²) < 4.78 is 0. The van der Waals surface area contributed by atoms with Crippen molar-refractivity contribution >= 4 is 40.9 Å². The minimum atomic E-state index is -0.339. The van der Waals surface area contributed by atoms with Gasteiger partial charge in [-0.05, 0) is 48.5 Å². The second kappa shape index (κ2) is 11.0. The lowest BCUT2D eigenvalue weighted by molar-refractivity contribution is -0.115. The molecule has 5 nitrogen and oxygen atoms in total. The second-order valence-electron chi connectivity index (χ2n) is 7.28. The van der Waals surface area contributed by atoms with Crippen LogP contribution in [0.2, 0.25) is 0 Å². The summed E-state index contributed by atoms with van der Waals surface area (Å²) in [5.74, 6) is -0.557. The molecule has 0 aliphatic rings. The molecule has 0 aliphatic heterocycles. The van der Waals surface area contributed by atoms with E-state index in [-0.39, 0.29) is 16.9 Å². The van der Waals surface area contributed by atoms with Crippen LogP contribution in [0.3, 0.4) is 0 Å². The van der Waals surface area contributed by atoms with Crippen molar-refractivity contribution in [1.82, 2.24) is 10.6 Å². The molecule has 0 saturated heterocycles. The number of hydrogen-bond acceptors (Lipinski definition) is 3. The molecule has 0 spiro atoms. The third kappa shape index (κ3) is 6.36. The Kier molecular flexibility index (Phi) is 7.89. The summed E-state index contributed by atoms with van der Waals surface area (Å²) in [5.41, 5.74) is 4.16. The number of para-hydroxylation sites is 1. The first kappa shape index (κ1) is 22.9. The quantitative estimate of drug-likeness (QED) is 0.436. The zero-order valence-corrected chi connectivity index (χ0v) is 18.9. The van der Waals surface area contributed by atoms with Crippen LogP contribution < -0.4 is 15.5 Å². The van der Waals surface area contributed by atoms with Crippen molar-refractivity contribution < 1.29 is 9.59 Å². The maximum Gasteiger partial charge on any atom is 0.253 e. The van der Waals surface area contributed by atoms with E-state index < -0.39 is 0 Å². The van der Waals surface area contributed by atoms with Crippen LogP contribution in [-0.2, 0) is 11.3 Å². The molecule has 6 heteroatoms. The Morgan fingerprint density at radius 1 is 0.938 bits per heavy atom. The molecular weight excluding hydrogens is 418 g/mol. The molecule has 3 aromatic rings. The third-order valence-electron chi connectivity index (χ3n) is 4.85. The average molecular weight is 444 g/mol. The lowest BCUT2D eigenvalue weighted by atomic mass is 10.1. The van der Waals surface area contributed by atoms with Crippen molar-refractivity contribution in [1.29, 1.82) is 0 Å². The molecular formula is C26H25N3O2S. The number of carbonyl (C=O) groups is 2. The molecule has 3 rings (SSSR count). The van der Waals surface area contributed by atoms with Crippen molar-refractivity contribution in [3.8, 4) is 0 Å². The predicted octanol–water partition coefficient (Wildman–Crippen LogP) is 4.48. The molecule has 2 amide bonds. The van der Waals surface area contributed by atoms with Crippen molar-refractivity contribution in [2.45, 2.75) is 13.5 Å². The highest BCUT2D eigenvalue weighted by atomic mass is 32.1. The smallest absolute Gasteiger partial charge is 0.253 e. The topological polar surface area (TPSA) is 61.4 Å². The fourth-order valence-electron chi connectivity index (χ4n) is 3.02. The number of amides is 2. The number of nitrogens with one attached hydrogen (secondary N) is 2. The Hall–Kier alpha value is -3.77. The van der Waals surface area contributed by atoms with Gasteiger partial charge in [0.05, 0.1) is 11.3 Å². The van der Waals surface area contributed by atoms with Crippen molar-refractivity contribution in [3.63, 3.8) is 0 Å². The number of carbonyl (C=O) groups excluding carboxylic acids is 2. The highest BCUT2D eigenvalue weighted by molar-refractivity contribution is 7.80. The second-order valence-corrected chi connectivity index (χ2v) is 7.67. The summed E-state index contributed by atoms with van der Waals surface area (Å²) in [6, 6.07) is 24.7. The van der Waals surface area contributed by atoms with Crippen LogP contribution in [-0.4, -0.2) is 24.0 Å². The first-order valence-electron chi connectivity index (χ1n) is 10.2. The Morgan fingerprint density at radius 3 is 2.31 bits per heavy atom. The van der Waals surface area contributed by atoms with E-state index in [4.69, 9.17) is 12.2 Å². The molecule has 0 aliphatic carbocycles. The molecule has 2 N–H and O–H groups in total. The molecule has 162 valence electrons. The zero-order chi connectivity index (χ0) is 22.9. The van der Waals surface area contributed by atoms with Crippen LogP contribution in [0.25, 0.3) is 6.08 Å². The largest absolute Gasteiger partial charge is 0.348 e. The van der Waals surface area contributed by atoms with Gasteiger partial charge in [0, 0.05) is 19.7 Å². The molecule has 0 unspecified atom stereocenters. The van der Waals surface area contributed by atoms with Gasteiger partial charge in [-0.15, -0.1) is 0 Å². The number of nitrogens with zero attached hydrogens (tertiary/aromatic N) is 1. The van der Waals surface area contributed by atoms with E-state index in [0.29, 0.717) is 17.8 Å². The molecule has 0 bridgehead atoms. The lowest BCUT2D eigenvalue weighted by Crippen LogP contribution is -2.40. The molecule has 0 fully saturated rings. The van der Waals surface area contributed by atoms with Crippen LogP contribution in [0, 0.1) is 6.92 Å². The fraction of sp³-hybridized carbons (Fsp3) is 0.115. The van der Waals surface area contributed by atoms with Crippen LogP contribution in [0.5, 0.6) is 0 Å². The van der Waals surface area contributed by atoms with E-state index >= 15 is 0 Å². The van der Waals surface area contributed by atoms with E-state index in [1.165, 1.54) is 6.08 Å².